The Morgan fingerprint density at radius 2 is 1.57 bits per heavy atom. The van der Waals surface area contributed by atoms with Gasteiger partial charge in [0.2, 0.25) is 22.7 Å². The fourth-order valence-electron chi connectivity index (χ4n) is 3.62. The summed E-state index contributed by atoms with van der Waals surface area (Å²) in [5.41, 5.74) is 3.65. The van der Waals surface area contributed by atoms with Gasteiger partial charge < -0.3 is 20.1 Å². The zero-order valence-corrected chi connectivity index (χ0v) is 20.3. The van der Waals surface area contributed by atoms with Crippen LogP contribution in [0.25, 0.3) is 0 Å². The quantitative estimate of drug-likeness (QED) is 0.461. The van der Waals surface area contributed by atoms with Gasteiger partial charge in [0.05, 0.1) is 11.4 Å². The number of carbonyl (C=O) groups is 2. The lowest BCUT2D eigenvalue weighted by atomic mass is 10.1. The third-order valence-electron chi connectivity index (χ3n) is 5.56. The number of hydrogen-bond donors (Lipinski definition) is 3. The molecule has 0 aromatic heterocycles. The SMILES string of the molecule is Cc1ccc(S(=O)(=O)NCC(=O)Nc2c(C)cccc2C)cc1C(=O)Nc1ccc2c(c1)OCO2. The molecule has 0 radical (unpaired) electrons. The van der Waals surface area contributed by atoms with Gasteiger partial charge in [0.25, 0.3) is 5.91 Å². The molecule has 1 aliphatic heterocycles. The van der Waals surface area contributed by atoms with E-state index in [0.717, 1.165) is 11.1 Å². The van der Waals surface area contributed by atoms with Crippen molar-refractivity contribution >= 4 is 33.2 Å². The smallest absolute Gasteiger partial charge is 0.255 e. The number of amides is 2. The van der Waals surface area contributed by atoms with E-state index >= 15 is 0 Å². The Kier molecular flexibility index (Phi) is 6.77. The van der Waals surface area contributed by atoms with Crippen LogP contribution >= 0.6 is 0 Å². The van der Waals surface area contributed by atoms with E-state index < -0.39 is 28.4 Å². The van der Waals surface area contributed by atoms with Gasteiger partial charge in [0.1, 0.15) is 0 Å². The summed E-state index contributed by atoms with van der Waals surface area (Å²) < 4.78 is 38.6. The molecule has 35 heavy (non-hydrogen) atoms. The van der Waals surface area contributed by atoms with Crippen LogP contribution in [0.3, 0.4) is 0 Å². The van der Waals surface area contributed by atoms with Crippen LogP contribution in [-0.2, 0) is 14.8 Å². The molecule has 0 bridgehead atoms. The van der Waals surface area contributed by atoms with Gasteiger partial charge in [0.15, 0.2) is 11.5 Å². The first-order valence-corrected chi connectivity index (χ1v) is 12.3. The fourth-order valence-corrected chi connectivity index (χ4v) is 4.63. The summed E-state index contributed by atoms with van der Waals surface area (Å²) in [7, 11) is -4.05. The predicted octanol–water partition coefficient (Wildman–Crippen LogP) is 3.51. The second-order valence-corrected chi connectivity index (χ2v) is 9.91. The molecule has 2 amide bonds. The zero-order valence-electron chi connectivity index (χ0n) is 19.5. The lowest BCUT2D eigenvalue weighted by Crippen LogP contribution is -2.33. The van der Waals surface area contributed by atoms with E-state index in [2.05, 4.69) is 15.4 Å². The van der Waals surface area contributed by atoms with Crippen molar-refractivity contribution in [2.24, 2.45) is 0 Å². The first-order chi connectivity index (χ1) is 16.6. The first kappa shape index (κ1) is 24.2. The van der Waals surface area contributed by atoms with Crippen LogP contribution in [0.2, 0.25) is 0 Å². The minimum atomic E-state index is -4.05. The number of ether oxygens (including phenoxy) is 2. The van der Waals surface area contributed by atoms with E-state index in [9.17, 15) is 18.0 Å². The number of fused-ring (bicyclic) bond motifs is 1. The summed E-state index contributed by atoms with van der Waals surface area (Å²) in [6.45, 7) is 5.07. The molecule has 1 heterocycles. The number of sulfonamides is 1. The molecule has 0 fully saturated rings. The maximum absolute atomic E-state index is 12.9. The second kappa shape index (κ2) is 9.77. The number of carbonyl (C=O) groups excluding carboxylic acids is 2. The number of aryl methyl sites for hydroxylation is 3. The minimum Gasteiger partial charge on any atom is -0.454 e. The van der Waals surface area contributed by atoms with Crippen molar-refractivity contribution in [2.75, 3.05) is 24.0 Å². The third kappa shape index (κ3) is 5.44. The molecule has 0 aliphatic carbocycles. The molecule has 0 saturated heterocycles. The van der Waals surface area contributed by atoms with Crippen LogP contribution in [0.4, 0.5) is 11.4 Å². The van der Waals surface area contributed by atoms with Crippen molar-refractivity contribution in [1.82, 2.24) is 4.72 Å². The number of rotatable bonds is 7. The largest absolute Gasteiger partial charge is 0.454 e. The van der Waals surface area contributed by atoms with Gasteiger partial charge in [0, 0.05) is 23.0 Å². The molecular formula is C25H25N3O6S. The van der Waals surface area contributed by atoms with Crippen molar-refractivity contribution in [3.05, 3.63) is 76.9 Å². The highest BCUT2D eigenvalue weighted by Gasteiger charge is 2.20. The summed E-state index contributed by atoms with van der Waals surface area (Å²) >= 11 is 0. The second-order valence-electron chi connectivity index (χ2n) is 8.14. The number of para-hydroxylation sites is 1. The number of hydrogen-bond acceptors (Lipinski definition) is 6. The van der Waals surface area contributed by atoms with Crippen LogP contribution in [0.5, 0.6) is 11.5 Å². The van der Waals surface area contributed by atoms with Crippen LogP contribution in [0, 0.1) is 20.8 Å². The van der Waals surface area contributed by atoms with E-state index in [1.165, 1.54) is 12.1 Å². The molecule has 182 valence electrons. The van der Waals surface area contributed by atoms with E-state index in [1.54, 1.807) is 31.2 Å². The molecule has 9 nitrogen and oxygen atoms in total. The van der Waals surface area contributed by atoms with Crippen LogP contribution in [0.15, 0.2) is 59.5 Å². The van der Waals surface area contributed by atoms with Crippen molar-refractivity contribution < 1.29 is 27.5 Å². The maximum atomic E-state index is 12.9. The summed E-state index contributed by atoms with van der Waals surface area (Å²) in [6.07, 6.45) is 0. The molecule has 0 unspecified atom stereocenters. The lowest BCUT2D eigenvalue weighted by molar-refractivity contribution is -0.115. The Hall–Kier alpha value is -3.89. The van der Waals surface area contributed by atoms with Gasteiger partial charge in [-0.25, -0.2) is 13.1 Å². The average molecular weight is 496 g/mol. The van der Waals surface area contributed by atoms with E-state index in [1.807, 2.05) is 32.0 Å². The Bertz CT molecular complexity index is 1400. The summed E-state index contributed by atoms with van der Waals surface area (Å²) in [4.78, 5) is 25.1. The fraction of sp³-hybridized carbons (Fsp3) is 0.200. The summed E-state index contributed by atoms with van der Waals surface area (Å²) in [5, 5.41) is 5.48. The Labute approximate surface area is 203 Å². The summed E-state index contributed by atoms with van der Waals surface area (Å²) in [5.74, 6) is 0.115. The van der Waals surface area contributed by atoms with Crippen molar-refractivity contribution in [3.8, 4) is 11.5 Å². The van der Waals surface area contributed by atoms with Gasteiger partial charge in [-0.1, -0.05) is 24.3 Å². The van der Waals surface area contributed by atoms with E-state index in [0.29, 0.717) is 28.4 Å². The van der Waals surface area contributed by atoms with Crippen molar-refractivity contribution in [2.45, 2.75) is 25.7 Å². The molecule has 4 rings (SSSR count). The molecule has 0 atom stereocenters. The van der Waals surface area contributed by atoms with Crippen LogP contribution in [-0.4, -0.2) is 33.6 Å². The Morgan fingerprint density at radius 3 is 2.31 bits per heavy atom. The van der Waals surface area contributed by atoms with E-state index in [-0.39, 0.29) is 17.3 Å². The minimum absolute atomic E-state index is 0.112. The molecule has 3 N–H and O–H groups in total. The topological polar surface area (TPSA) is 123 Å². The Balaban J connectivity index is 1.45. The normalized spacial score (nSPS) is 12.3. The third-order valence-corrected chi connectivity index (χ3v) is 6.96. The van der Waals surface area contributed by atoms with Gasteiger partial charge >= 0.3 is 0 Å². The molecule has 0 saturated carbocycles. The van der Waals surface area contributed by atoms with Gasteiger partial charge in [-0.3, -0.25) is 9.59 Å². The highest BCUT2D eigenvalue weighted by molar-refractivity contribution is 7.89. The van der Waals surface area contributed by atoms with Crippen LogP contribution in [0.1, 0.15) is 27.0 Å². The van der Waals surface area contributed by atoms with Gasteiger partial charge in [-0.15, -0.1) is 0 Å². The molecule has 3 aromatic carbocycles. The average Bonchev–Trinajstić information content (AvgIpc) is 3.28. The first-order valence-electron chi connectivity index (χ1n) is 10.8. The van der Waals surface area contributed by atoms with Crippen molar-refractivity contribution in [1.29, 1.82) is 0 Å². The van der Waals surface area contributed by atoms with Crippen molar-refractivity contribution in [3.63, 3.8) is 0 Å². The number of nitrogens with one attached hydrogen (secondary N) is 3. The van der Waals surface area contributed by atoms with E-state index in [4.69, 9.17) is 9.47 Å². The lowest BCUT2D eigenvalue weighted by Gasteiger charge is -2.13. The maximum Gasteiger partial charge on any atom is 0.255 e. The molecule has 1 aliphatic rings. The number of benzene rings is 3. The van der Waals surface area contributed by atoms with Gasteiger partial charge in [-0.05, 0) is 61.7 Å². The molecule has 10 heteroatoms. The molecule has 0 spiro atoms. The van der Waals surface area contributed by atoms with Crippen LogP contribution < -0.4 is 24.8 Å². The standard InChI is InChI=1S/C25H25N3O6S/c1-15-7-9-19(12-20(15)25(30)27-18-8-10-21-22(11-18)34-14-33-21)35(31,32)26-13-23(29)28-24-16(2)5-4-6-17(24)3/h4-12,26H,13-14H2,1-3H3,(H,27,30)(H,28,29). The van der Waals surface area contributed by atoms with Gasteiger partial charge in [-0.2, -0.15) is 0 Å². The zero-order chi connectivity index (χ0) is 25.2. The predicted molar refractivity (Wildman–Crippen MR) is 131 cm³/mol. The highest BCUT2D eigenvalue weighted by Crippen LogP contribution is 2.34. The number of anilines is 2. The monoisotopic (exact) mass is 495 g/mol. The molecular weight excluding hydrogens is 470 g/mol. The summed E-state index contributed by atoms with van der Waals surface area (Å²) in [6, 6.07) is 14.8. The highest BCUT2D eigenvalue weighted by atomic mass is 32.2. The molecule has 3 aromatic rings. The Morgan fingerprint density at radius 1 is 0.857 bits per heavy atom.